The van der Waals surface area contributed by atoms with E-state index in [1.165, 1.54) is 13.0 Å². The molecule has 2 aromatic rings. The number of aliphatic hydroxyl groups excluding tert-OH is 2. The Bertz CT molecular complexity index is 580. The van der Waals surface area contributed by atoms with E-state index in [0.717, 1.165) is 0 Å². The quantitative estimate of drug-likeness (QED) is 0.662. The molecule has 0 radical (unpaired) electrons. The van der Waals surface area contributed by atoms with Crippen molar-refractivity contribution in [2.75, 3.05) is 0 Å². The second-order valence-electron chi connectivity index (χ2n) is 4.47. The molecule has 20 heavy (non-hydrogen) atoms. The molecule has 4 heteroatoms. The van der Waals surface area contributed by atoms with Crippen molar-refractivity contribution in [3.8, 4) is 5.75 Å². The van der Waals surface area contributed by atoms with Gasteiger partial charge < -0.3 is 14.9 Å². The summed E-state index contributed by atoms with van der Waals surface area (Å²) < 4.78 is 4.96. The highest BCUT2D eigenvalue weighted by molar-refractivity contribution is 5.69. The molecule has 0 aliphatic rings. The fourth-order valence-corrected chi connectivity index (χ4v) is 1.94. The molecule has 0 spiro atoms. The second-order valence-corrected chi connectivity index (χ2v) is 4.47. The predicted molar refractivity (Wildman–Crippen MR) is 74.1 cm³/mol. The maximum absolute atomic E-state index is 10.9. The van der Waals surface area contributed by atoms with Gasteiger partial charge in [0, 0.05) is 6.92 Å². The molecule has 2 rings (SSSR count). The van der Waals surface area contributed by atoms with Gasteiger partial charge in [-0.3, -0.25) is 4.79 Å². The van der Waals surface area contributed by atoms with Crippen LogP contribution in [0.5, 0.6) is 5.75 Å². The number of hydrogen-bond donors (Lipinski definition) is 2. The molecule has 0 aliphatic carbocycles. The van der Waals surface area contributed by atoms with E-state index < -0.39 is 18.2 Å². The van der Waals surface area contributed by atoms with E-state index in [2.05, 4.69) is 0 Å². The average molecular weight is 272 g/mol. The van der Waals surface area contributed by atoms with Gasteiger partial charge in [-0.15, -0.1) is 0 Å². The first-order valence-corrected chi connectivity index (χ1v) is 6.27. The van der Waals surface area contributed by atoms with Crippen molar-refractivity contribution in [2.45, 2.75) is 19.1 Å². The lowest BCUT2D eigenvalue weighted by Gasteiger charge is -2.19. The highest BCUT2D eigenvalue weighted by atomic mass is 16.5. The van der Waals surface area contributed by atoms with Crippen LogP contribution in [0.3, 0.4) is 0 Å². The van der Waals surface area contributed by atoms with Gasteiger partial charge in [0.1, 0.15) is 18.0 Å². The molecular formula is C16H16O4. The molecular weight excluding hydrogens is 256 g/mol. The van der Waals surface area contributed by atoms with Crippen molar-refractivity contribution in [3.63, 3.8) is 0 Å². The van der Waals surface area contributed by atoms with Crippen LogP contribution in [0.4, 0.5) is 0 Å². The van der Waals surface area contributed by atoms with Gasteiger partial charge in [-0.1, -0.05) is 42.5 Å². The number of carbonyl (C=O) groups excluding carboxylic acids is 1. The van der Waals surface area contributed by atoms with Crippen LogP contribution in [-0.2, 0) is 4.79 Å². The van der Waals surface area contributed by atoms with E-state index in [9.17, 15) is 15.0 Å². The van der Waals surface area contributed by atoms with Gasteiger partial charge in [-0.05, 0) is 23.3 Å². The molecule has 0 bridgehead atoms. The molecule has 0 saturated carbocycles. The summed E-state index contributed by atoms with van der Waals surface area (Å²) >= 11 is 0. The van der Waals surface area contributed by atoms with E-state index in [1.807, 2.05) is 6.07 Å². The third-order valence-corrected chi connectivity index (χ3v) is 2.90. The highest BCUT2D eigenvalue weighted by Gasteiger charge is 2.20. The van der Waals surface area contributed by atoms with Crippen LogP contribution in [0, 0.1) is 0 Å². The standard InChI is InChI=1S/C16H16O4/c1-11(17)20-14-9-5-8-13(10-14)16(19)15(18)12-6-3-2-4-7-12/h2-10,15-16,18-19H,1H3. The molecule has 4 nitrogen and oxygen atoms in total. The predicted octanol–water partition coefficient (Wildman–Crippen LogP) is 2.38. The van der Waals surface area contributed by atoms with E-state index in [1.54, 1.807) is 42.5 Å². The molecule has 2 N–H and O–H groups in total. The third-order valence-electron chi connectivity index (χ3n) is 2.90. The Balaban J connectivity index is 2.20. The maximum atomic E-state index is 10.9. The molecule has 0 aliphatic heterocycles. The summed E-state index contributed by atoms with van der Waals surface area (Å²) in [5.41, 5.74) is 1.11. The average Bonchev–Trinajstić information content (AvgIpc) is 2.46. The maximum Gasteiger partial charge on any atom is 0.308 e. The summed E-state index contributed by atoms with van der Waals surface area (Å²) in [7, 11) is 0. The Morgan fingerprint density at radius 2 is 1.55 bits per heavy atom. The van der Waals surface area contributed by atoms with Crippen LogP contribution >= 0.6 is 0 Å². The molecule has 2 unspecified atom stereocenters. The molecule has 104 valence electrons. The van der Waals surface area contributed by atoms with E-state index in [0.29, 0.717) is 16.9 Å². The van der Waals surface area contributed by atoms with Gasteiger partial charge in [0.05, 0.1) is 0 Å². The summed E-state index contributed by atoms with van der Waals surface area (Å²) in [6.07, 6.45) is -2.13. The first-order chi connectivity index (χ1) is 9.58. The first-order valence-electron chi connectivity index (χ1n) is 6.27. The smallest absolute Gasteiger partial charge is 0.308 e. The number of benzene rings is 2. The minimum absolute atomic E-state index is 0.342. The van der Waals surface area contributed by atoms with Crippen LogP contribution in [0.15, 0.2) is 54.6 Å². The van der Waals surface area contributed by atoms with Crippen LogP contribution < -0.4 is 4.74 Å². The fourth-order valence-electron chi connectivity index (χ4n) is 1.94. The lowest BCUT2D eigenvalue weighted by atomic mass is 9.98. The van der Waals surface area contributed by atoms with Crippen molar-refractivity contribution < 1.29 is 19.7 Å². The number of esters is 1. The van der Waals surface area contributed by atoms with Crippen molar-refractivity contribution in [3.05, 3.63) is 65.7 Å². The first kappa shape index (κ1) is 14.2. The van der Waals surface area contributed by atoms with Crippen LogP contribution in [0.25, 0.3) is 0 Å². The Kier molecular flexibility index (Phi) is 4.50. The summed E-state index contributed by atoms with van der Waals surface area (Å²) in [6, 6.07) is 15.4. The molecule has 2 atom stereocenters. The van der Waals surface area contributed by atoms with Crippen LogP contribution in [-0.4, -0.2) is 16.2 Å². The van der Waals surface area contributed by atoms with Crippen molar-refractivity contribution in [1.82, 2.24) is 0 Å². The van der Waals surface area contributed by atoms with Gasteiger partial charge in [-0.25, -0.2) is 0 Å². The normalized spacial score (nSPS) is 13.6. The molecule has 0 aromatic heterocycles. The minimum atomic E-state index is -1.09. The second kappa shape index (κ2) is 6.32. The number of hydrogen-bond acceptors (Lipinski definition) is 4. The molecule has 0 fully saturated rings. The zero-order valence-corrected chi connectivity index (χ0v) is 11.1. The van der Waals surface area contributed by atoms with Gasteiger partial charge in [0.2, 0.25) is 0 Å². The lowest BCUT2D eigenvalue weighted by Crippen LogP contribution is -2.10. The third kappa shape index (κ3) is 3.44. The zero-order valence-electron chi connectivity index (χ0n) is 11.1. The number of ether oxygens (including phenoxy) is 1. The molecule has 0 heterocycles. The van der Waals surface area contributed by atoms with Crippen molar-refractivity contribution in [1.29, 1.82) is 0 Å². The summed E-state index contributed by atoms with van der Waals surface area (Å²) in [6.45, 7) is 1.31. The van der Waals surface area contributed by atoms with Gasteiger partial charge in [0.25, 0.3) is 0 Å². The number of carbonyl (C=O) groups is 1. The van der Waals surface area contributed by atoms with Crippen molar-refractivity contribution >= 4 is 5.97 Å². The van der Waals surface area contributed by atoms with Gasteiger partial charge in [-0.2, -0.15) is 0 Å². The monoisotopic (exact) mass is 272 g/mol. The van der Waals surface area contributed by atoms with E-state index >= 15 is 0 Å². The summed E-state index contributed by atoms with van der Waals surface area (Å²) in [5.74, 6) is -0.0884. The highest BCUT2D eigenvalue weighted by Crippen LogP contribution is 2.30. The Labute approximate surface area is 117 Å². The number of rotatable bonds is 4. The summed E-state index contributed by atoms with van der Waals surface area (Å²) in [4.78, 5) is 10.9. The van der Waals surface area contributed by atoms with Crippen LogP contribution in [0.2, 0.25) is 0 Å². The number of aliphatic hydroxyl groups is 2. The van der Waals surface area contributed by atoms with E-state index in [-0.39, 0.29) is 0 Å². The summed E-state index contributed by atoms with van der Waals surface area (Å²) in [5, 5.41) is 20.4. The largest absolute Gasteiger partial charge is 0.427 e. The zero-order chi connectivity index (χ0) is 14.5. The molecule has 0 amide bonds. The van der Waals surface area contributed by atoms with Crippen LogP contribution in [0.1, 0.15) is 30.3 Å². The SMILES string of the molecule is CC(=O)Oc1cccc(C(O)C(O)c2ccccc2)c1. The topological polar surface area (TPSA) is 66.8 Å². The lowest BCUT2D eigenvalue weighted by molar-refractivity contribution is -0.131. The Hall–Kier alpha value is -2.17. The Morgan fingerprint density at radius 3 is 2.20 bits per heavy atom. The van der Waals surface area contributed by atoms with Gasteiger partial charge in [0.15, 0.2) is 0 Å². The molecule has 2 aromatic carbocycles. The van der Waals surface area contributed by atoms with Gasteiger partial charge >= 0.3 is 5.97 Å². The Morgan fingerprint density at radius 1 is 0.950 bits per heavy atom. The van der Waals surface area contributed by atoms with E-state index in [4.69, 9.17) is 4.74 Å². The molecule has 0 saturated heterocycles. The minimum Gasteiger partial charge on any atom is -0.427 e. The van der Waals surface area contributed by atoms with Crippen molar-refractivity contribution in [2.24, 2.45) is 0 Å². The fraction of sp³-hybridized carbons (Fsp3) is 0.188.